The fourth-order valence-electron chi connectivity index (χ4n) is 2.76. The van der Waals surface area contributed by atoms with Crippen LogP contribution in [0.25, 0.3) is 0 Å². The van der Waals surface area contributed by atoms with Crippen LogP contribution in [-0.2, 0) is 14.3 Å². The summed E-state index contributed by atoms with van der Waals surface area (Å²) >= 11 is 0. The van der Waals surface area contributed by atoms with Crippen LogP contribution >= 0.6 is 0 Å². The molecule has 1 saturated heterocycles. The van der Waals surface area contributed by atoms with E-state index >= 15 is 0 Å². The molecular weight excluding hydrogens is 314 g/mol. The maximum atomic E-state index is 12.1. The lowest BCUT2D eigenvalue weighted by atomic mass is 10.1. The third-order valence-electron chi connectivity index (χ3n) is 4.17. The van der Waals surface area contributed by atoms with Crippen LogP contribution in [-0.4, -0.2) is 35.5 Å². The maximum absolute atomic E-state index is 12.1. The molecular formula is C16H21N3O5. The Kier molecular flexibility index (Phi) is 5.50. The van der Waals surface area contributed by atoms with Crippen LogP contribution in [0.5, 0.6) is 0 Å². The van der Waals surface area contributed by atoms with E-state index in [1.54, 1.807) is 13.8 Å². The van der Waals surface area contributed by atoms with Crippen LogP contribution in [0, 0.1) is 24.0 Å². The topological polar surface area (TPSA) is 111 Å². The van der Waals surface area contributed by atoms with E-state index in [9.17, 15) is 19.7 Å². The summed E-state index contributed by atoms with van der Waals surface area (Å²) < 4.78 is 5.47. The van der Waals surface area contributed by atoms with Crippen molar-refractivity contribution in [2.75, 3.05) is 11.9 Å². The van der Waals surface area contributed by atoms with Crippen molar-refractivity contribution < 1.29 is 19.2 Å². The number of hydrogen-bond acceptors (Lipinski definition) is 5. The van der Waals surface area contributed by atoms with Gasteiger partial charge in [0, 0.05) is 12.7 Å². The van der Waals surface area contributed by atoms with Crippen LogP contribution in [0.4, 0.5) is 11.4 Å². The minimum absolute atomic E-state index is 0.0944. The monoisotopic (exact) mass is 335 g/mol. The molecule has 0 saturated carbocycles. The SMILES string of the molecule is Cc1ccc([N+](=O)[O-])c(C)c1NC(=O)C(=O)N[C@H](C)[C@H]1CCCO1. The average Bonchev–Trinajstić information content (AvgIpc) is 3.05. The van der Waals surface area contributed by atoms with E-state index in [1.165, 1.54) is 19.1 Å². The first-order valence-corrected chi connectivity index (χ1v) is 7.79. The zero-order valence-electron chi connectivity index (χ0n) is 13.9. The summed E-state index contributed by atoms with van der Waals surface area (Å²) in [5, 5.41) is 16.1. The first kappa shape index (κ1) is 17.9. The fourth-order valence-corrected chi connectivity index (χ4v) is 2.76. The summed E-state index contributed by atoms with van der Waals surface area (Å²) in [6, 6.07) is 2.63. The highest BCUT2D eigenvalue weighted by molar-refractivity contribution is 6.39. The molecule has 1 aromatic carbocycles. The summed E-state index contributed by atoms with van der Waals surface area (Å²) in [4.78, 5) is 34.6. The van der Waals surface area contributed by atoms with Crippen molar-refractivity contribution in [3.63, 3.8) is 0 Å². The largest absolute Gasteiger partial charge is 0.376 e. The second kappa shape index (κ2) is 7.39. The molecule has 0 aliphatic carbocycles. The van der Waals surface area contributed by atoms with Crippen LogP contribution in [0.2, 0.25) is 0 Å². The third kappa shape index (κ3) is 3.88. The molecule has 0 aromatic heterocycles. The number of nitrogens with one attached hydrogen (secondary N) is 2. The molecule has 1 aliphatic rings. The number of rotatable bonds is 4. The zero-order valence-corrected chi connectivity index (χ0v) is 13.9. The van der Waals surface area contributed by atoms with E-state index in [0.717, 1.165) is 12.8 Å². The highest BCUT2D eigenvalue weighted by Crippen LogP contribution is 2.28. The average molecular weight is 335 g/mol. The van der Waals surface area contributed by atoms with Gasteiger partial charge in [-0.1, -0.05) is 6.07 Å². The second-order valence-corrected chi connectivity index (χ2v) is 5.93. The van der Waals surface area contributed by atoms with Crippen molar-refractivity contribution in [2.45, 2.75) is 45.8 Å². The first-order valence-electron chi connectivity index (χ1n) is 7.79. The molecule has 0 bridgehead atoms. The highest BCUT2D eigenvalue weighted by Gasteiger charge is 2.26. The Balaban J connectivity index is 2.07. The molecule has 0 spiro atoms. The Labute approximate surface area is 139 Å². The Morgan fingerprint density at radius 3 is 2.62 bits per heavy atom. The first-order chi connectivity index (χ1) is 11.3. The molecule has 2 rings (SSSR count). The van der Waals surface area contributed by atoms with E-state index in [1.807, 2.05) is 0 Å². The van der Waals surface area contributed by atoms with Gasteiger partial charge in [-0.25, -0.2) is 0 Å². The minimum atomic E-state index is -0.855. The third-order valence-corrected chi connectivity index (χ3v) is 4.17. The number of benzene rings is 1. The Bertz CT molecular complexity index is 668. The van der Waals surface area contributed by atoms with Gasteiger partial charge in [0.2, 0.25) is 0 Å². The Hall–Kier alpha value is -2.48. The molecule has 0 unspecified atom stereocenters. The van der Waals surface area contributed by atoms with Gasteiger partial charge < -0.3 is 15.4 Å². The molecule has 0 radical (unpaired) electrons. The lowest BCUT2D eigenvalue weighted by Crippen LogP contribution is -2.45. The van der Waals surface area contributed by atoms with E-state index in [2.05, 4.69) is 10.6 Å². The second-order valence-electron chi connectivity index (χ2n) is 5.93. The zero-order chi connectivity index (χ0) is 17.9. The minimum Gasteiger partial charge on any atom is -0.376 e. The summed E-state index contributed by atoms with van der Waals surface area (Å²) in [6.07, 6.45) is 1.68. The Morgan fingerprint density at radius 2 is 2.04 bits per heavy atom. The number of hydrogen-bond donors (Lipinski definition) is 2. The normalized spacial score (nSPS) is 18.0. The van der Waals surface area contributed by atoms with Crippen molar-refractivity contribution >= 4 is 23.2 Å². The number of nitro groups is 1. The number of nitro benzene ring substituents is 1. The molecule has 2 N–H and O–H groups in total. The van der Waals surface area contributed by atoms with Gasteiger partial charge in [-0.3, -0.25) is 19.7 Å². The number of anilines is 1. The van der Waals surface area contributed by atoms with E-state index in [4.69, 9.17) is 4.74 Å². The van der Waals surface area contributed by atoms with Gasteiger partial charge in [0.25, 0.3) is 5.69 Å². The van der Waals surface area contributed by atoms with Gasteiger partial charge >= 0.3 is 11.8 Å². The van der Waals surface area contributed by atoms with E-state index in [-0.39, 0.29) is 23.5 Å². The molecule has 130 valence electrons. The number of carbonyl (C=O) groups excluding carboxylic acids is 2. The molecule has 1 heterocycles. The predicted molar refractivity (Wildman–Crippen MR) is 87.8 cm³/mol. The van der Waals surface area contributed by atoms with Crippen LogP contribution in [0.3, 0.4) is 0 Å². The van der Waals surface area contributed by atoms with Crippen molar-refractivity contribution in [3.8, 4) is 0 Å². The summed E-state index contributed by atoms with van der Waals surface area (Å²) in [5.74, 6) is -1.64. The molecule has 1 aliphatic heterocycles. The van der Waals surface area contributed by atoms with Gasteiger partial charge in [0.05, 0.1) is 28.3 Å². The van der Waals surface area contributed by atoms with Crippen LogP contribution in [0.15, 0.2) is 12.1 Å². The van der Waals surface area contributed by atoms with Crippen molar-refractivity contribution in [1.29, 1.82) is 0 Å². The number of carbonyl (C=O) groups is 2. The lowest BCUT2D eigenvalue weighted by Gasteiger charge is -2.20. The molecule has 2 atom stereocenters. The van der Waals surface area contributed by atoms with E-state index < -0.39 is 16.7 Å². The summed E-state index contributed by atoms with van der Waals surface area (Å²) in [7, 11) is 0. The van der Waals surface area contributed by atoms with Gasteiger partial charge in [-0.05, 0) is 39.2 Å². The molecule has 24 heavy (non-hydrogen) atoms. The van der Waals surface area contributed by atoms with Gasteiger partial charge in [0.1, 0.15) is 0 Å². The number of aryl methyl sites for hydroxylation is 1. The lowest BCUT2D eigenvalue weighted by molar-refractivity contribution is -0.385. The number of ether oxygens (including phenoxy) is 1. The van der Waals surface area contributed by atoms with Crippen molar-refractivity contribution in [3.05, 3.63) is 33.4 Å². The van der Waals surface area contributed by atoms with Gasteiger partial charge in [0.15, 0.2) is 0 Å². The number of nitrogens with zero attached hydrogens (tertiary/aromatic N) is 1. The van der Waals surface area contributed by atoms with Gasteiger partial charge in [-0.15, -0.1) is 0 Å². The van der Waals surface area contributed by atoms with Gasteiger partial charge in [-0.2, -0.15) is 0 Å². The quantitative estimate of drug-likeness (QED) is 0.495. The van der Waals surface area contributed by atoms with Crippen molar-refractivity contribution in [1.82, 2.24) is 5.32 Å². The Morgan fingerprint density at radius 1 is 1.33 bits per heavy atom. The molecule has 2 amide bonds. The molecule has 8 heteroatoms. The van der Waals surface area contributed by atoms with Crippen LogP contribution in [0.1, 0.15) is 30.9 Å². The molecule has 1 fully saturated rings. The fraction of sp³-hybridized carbons (Fsp3) is 0.500. The smallest absolute Gasteiger partial charge is 0.313 e. The summed E-state index contributed by atoms with van der Waals surface area (Å²) in [5.41, 5.74) is 1.14. The van der Waals surface area contributed by atoms with Crippen molar-refractivity contribution in [2.24, 2.45) is 0 Å². The highest BCUT2D eigenvalue weighted by atomic mass is 16.6. The molecule has 8 nitrogen and oxygen atoms in total. The number of amides is 2. The maximum Gasteiger partial charge on any atom is 0.313 e. The summed E-state index contributed by atoms with van der Waals surface area (Å²) in [6.45, 7) is 5.68. The molecule has 1 aromatic rings. The van der Waals surface area contributed by atoms with E-state index in [0.29, 0.717) is 17.7 Å². The van der Waals surface area contributed by atoms with Crippen LogP contribution < -0.4 is 10.6 Å². The standard InChI is InChI=1S/C16H21N3O5/c1-9-6-7-12(19(22)23)10(2)14(9)18-16(21)15(20)17-11(3)13-5-4-8-24-13/h6-7,11,13H,4-5,8H2,1-3H3,(H,17,20)(H,18,21)/t11-,13-/m1/s1. The predicted octanol–water partition coefficient (Wildman–Crippen LogP) is 1.83.